The van der Waals surface area contributed by atoms with Crippen LogP contribution in [0.25, 0.3) is 0 Å². The maximum atomic E-state index is 12.8. The number of benzene rings is 1. The van der Waals surface area contributed by atoms with Crippen LogP contribution in [0.2, 0.25) is 5.02 Å². The Morgan fingerprint density at radius 2 is 2.00 bits per heavy atom. The van der Waals surface area contributed by atoms with E-state index < -0.39 is 32.9 Å². The van der Waals surface area contributed by atoms with Crippen LogP contribution in [0, 0.1) is 0 Å². The van der Waals surface area contributed by atoms with Gasteiger partial charge in [0.2, 0.25) is 10.0 Å². The molecular weight excluding hydrogens is 449 g/mol. The fourth-order valence-electron chi connectivity index (χ4n) is 1.91. The van der Waals surface area contributed by atoms with Crippen LogP contribution in [0.15, 0.2) is 46.0 Å². The second kappa shape index (κ2) is 7.58. The van der Waals surface area contributed by atoms with Crippen molar-refractivity contribution in [3.8, 4) is 0 Å². The van der Waals surface area contributed by atoms with Gasteiger partial charge in [-0.1, -0.05) is 17.7 Å². The molecule has 0 aliphatic carbocycles. The zero-order chi connectivity index (χ0) is 18.8. The number of halogens is 5. The van der Waals surface area contributed by atoms with E-state index in [0.717, 1.165) is 18.2 Å². The summed E-state index contributed by atoms with van der Waals surface area (Å²) in [6.07, 6.45) is -4.53. The standard InChI is InChI=1S/C14H11BrClF3N2O3S/c1-24-13(11-6-9(16)7-20-12(11)15)21-25(22,23)10-4-2-3-8(5-10)14(17,18)19/h2-7,13,21H,1H3. The molecule has 5 nitrogen and oxygen atoms in total. The number of rotatable bonds is 5. The first-order valence-corrected chi connectivity index (χ1v) is 9.23. The second-order valence-electron chi connectivity index (χ2n) is 4.80. The summed E-state index contributed by atoms with van der Waals surface area (Å²) in [6, 6.07) is 4.80. The number of hydrogen-bond donors (Lipinski definition) is 1. The third kappa shape index (κ3) is 4.91. The maximum absolute atomic E-state index is 12.8. The van der Waals surface area contributed by atoms with E-state index in [1.807, 2.05) is 0 Å². The first-order valence-electron chi connectivity index (χ1n) is 6.58. The maximum Gasteiger partial charge on any atom is 0.416 e. The van der Waals surface area contributed by atoms with Gasteiger partial charge in [-0.15, -0.1) is 0 Å². The molecule has 1 atom stereocenters. The van der Waals surface area contributed by atoms with Gasteiger partial charge in [-0.3, -0.25) is 0 Å². The van der Waals surface area contributed by atoms with E-state index in [9.17, 15) is 21.6 Å². The van der Waals surface area contributed by atoms with E-state index in [1.54, 1.807) is 0 Å². The van der Waals surface area contributed by atoms with Gasteiger partial charge < -0.3 is 4.74 Å². The van der Waals surface area contributed by atoms with Crippen LogP contribution in [-0.4, -0.2) is 20.5 Å². The Morgan fingerprint density at radius 1 is 1.32 bits per heavy atom. The minimum Gasteiger partial charge on any atom is -0.361 e. The molecule has 1 heterocycles. The number of alkyl halides is 3. The van der Waals surface area contributed by atoms with E-state index in [2.05, 4.69) is 25.6 Å². The molecule has 1 unspecified atom stereocenters. The van der Waals surface area contributed by atoms with E-state index in [-0.39, 0.29) is 15.2 Å². The van der Waals surface area contributed by atoms with Crippen LogP contribution in [0.4, 0.5) is 13.2 Å². The van der Waals surface area contributed by atoms with E-state index in [1.165, 1.54) is 19.4 Å². The van der Waals surface area contributed by atoms with Crippen molar-refractivity contribution in [1.82, 2.24) is 9.71 Å². The molecule has 2 aromatic rings. The van der Waals surface area contributed by atoms with Crippen LogP contribution >= 0.6 is 27.5 Å². The zero-order valence-corrected chi connectivity index (χ0v) is 15.7. The van der Waals surface area contributed by atoms with Gasteiger partial charge >= 0.3 is 6.18 Å². The molecule has 11 heteroatoms. The zero-order valence-electron chi connectivity index (χ0n) is 12.5. The molecule has 0 bridgehead atoms. The van der Waals surface area contributed by atoms with Crippen molar-refractivity contribution in [2.75, 3.05) is 7.11 Å². The van der Waals surface area contributed by atoms with E-state index in [0.29, 0.717) is 6.07 Å². The number of aromatic nitrogens is 1. The molecule has 2 rings (SSSR count). The summed E-state index contributed by atoms with van der Waals surface area (Å²) in [4.78, 5) is 3.37. The first-order chi connectivity index (χ1) is 11.5. The summed E-state index contributed by atoms with van der Waals surface area (Å²) in [5.41, 5.74) is -0.805. The van der Waals surface area contributed by atoms with Crippen LogP contribution in [0.1, 0.15) is 17.4 Å². The van der Waals surface area contributed by atoms with Crippen LogP contribution in [-0.2, 0) is 20.9 Å². The lowest BCUT2D eigenvalue weighted by Gasteiger charge is -2.19. The van der Waals surface area contributed by atoms with Crippen molar-refractivity contribution in [2.45, 2.75) is 17.3 Å². The first kappa shape index (κ1) is 20.1. The topological polar surface area (TPSA) is 68.3 Å². The Labute approximate surface area is 155 Å². The Balaban J connectivity index is 2.38. The quantitative estimate of drug-likeness (QED) is 0.539. The molecule has 0 saturated carbocycles. The molecule has 1 aromatic heterocycles. The SMILES string of the molecule is COC(NS(=O)(=O)c1cccc(C(F)(F)F)c1)c1cc(Cl)cnc1Br. The highest BCUT2D eigenvalue weighted by atomic mass is 79.9. The smallest absolute Gasteiger partial charge is 0.361 e. The molecule has 0 aliphatic heterocycles. The number of methoxy groups -OCH3 is 1. The fraction of sp³-hybridized carbons (Fsp3) is 0.214. The van der Waals surface area contributed by atoms with Crippen molar-refractivity contribution >= 4 is 37.6 Å². The number of nitrogens with zero attached hydrogens (tertiary/aromatic N) is 1. The molecule has 136 valence electrons. The Hall–Kier alpha value is -1.20. The van der Waals surface area contributed by atoms with Crippen LogP contribution < -0.4 is 4.72 Å². The van der Waals surface area contributed by atoms with Crippen molar-refractivity contribution in [2.24, 2.45) is 0 Å². The Bertz CT molecular complexity index is 878. The minimum absolute atomic E-state index is 0.235. The largest absolute Gasteiger partial charge is 0.416 e. The number of sulfonamides is 1. The molecule has 0 amide bonds. The van der Waals surface area contributed by atoms with Crippen molar-refractivity contribution in [1.29, 1.82) is 0 Å². The number of nitrogens with one attached hydrogen (secondary N) is 1. The summed E-state index contributed by atoms with van der Waals surface area (Å²) in [7, 11) is -3.07. The highest BCUT2D eigenvalue weighted by Crippen LogP contribution is 2.31. The normalized spacial score (nSPS) is 13.7. The van der Waals surface area contributed by atoms with E-state index in [4.69, 9.17) is 16.3 Å². The molecule has 0 radical (unpaired) electrons. The fourth-order valence-corrected chi connectivity index (χ4v) is 3.68. The molecule has 0 saturated heterocycles. The minimum atomic E-state index is -4.66. The van der Waals surface area contributed by atoms with Gasteiger partial charge in [0.15, 0.2) is 0 Å². The molecule has 1 N–H and O–H groups in total. The molecule has 0 spiro atoms. The number of pyridine rings is 1. The van der Waals surface area contributed by atoms with Gasteiger partial charge in [-0.25, -0.2) is 13.4 Å². The predicted molar refractivity (Wildman–Crippen MR) is 88.5 cm³/mol. The number of ether oxygens (including phenoxy) is 1. The summed E-state index contributed by atoms with van der Waals surface area (Å²) in [6.45, 7) is 0. The average molecular weight is 460 g/mol. The molecule has 0 aliphatic rings. The van der Waals surface area contributed by atoms with Crippen LogP contribution in [0.5, 0.6) is 0 Å². The Kier molecular flexibility index (Phi) is 6.10. The number of hydrogen-bond acceptors (Lipinski definition) is 4. The van der Waals surface area contributed by atoms with Gasteiger partial charge in [-0.05, 0) is 40.2 Å². The van der Waals surface area contributed by atoms with Crippen molar-refractivity contribution in [3.05, 3.63) is 57.3 Å². The lowest BCUT2D eigenvalue weighted by molar-refractivity contribution is -0.137. The van der Waals surface area contributed by atoms with Gasteiger partial charge in [-0.2, -0.15) is 17.9 Å². The highest BCUT2D eigenvalue weighted by Gasteiger charge is 2.32. The van der Waals surface area contributed by atoms with Crippen molar-refractivity contribution < 1.29 is 26.3 Å². The summed E-state index contributed by atoms with van der Waals surface area (Å²) >= 11 is 8.98. The lowest BCUT2D eigenvalue weighted by atomic mass is 10.2. The molecular formula is C14H11BrClF3N2O3S. The van der Waals surface area contributed by atoms with Gasteiger partial charge in [0.25, 0.3) is 0 Å². The van der Waals surface area contributed by atoms with Gasteiger partial charge in [0.05, 0.1) is 15.5 Å². The van der Waals surface area contributed by atoms with Gasteiger partial charge in [0, 0.05) is 18.9 Å². The third-order valence-electron chi connectivity index (χ3n) is 3.08. The summed E-state index contributed by atoms with van der Waals surface area (Å²) in [5.74, 6) is 0. The molecule has 1 aromatic carbocycles. The highest BCUT2D eigenvalue weighted by molar-refractivity contribution is 9.10. The van der Waals surface area contributed by atoms with Crippen molar-refractivity contribution in [3.63, 3.8) is 0 Å². The van der Waals surface area contributed by atoms with Crippen LogP contribution in [0.3, 0.4) is 0 Å². The summed E-state index contributed by atoms with van der Waals surface area (Å²) < 4.78 is 70.7. The molecule has 0 fully saturated rings. The molecule has 25 heavy (non-hydrogen) atoms. The third-order valence-corrected chi connectivity index (χ3v) is 5.35. The lowest BCUT2D eigenvalue weighted by Crippen LogP contribution is -2.30. The summed E-state index contributed by atoms with van der Waals surface area (Å²) in [5, 5.41) is 0.235. The van der Waals surface area contributed by atoms with E-state index >= 15 is 0 Å². The predicted octanol–water partition coefficient (Wildman–Crippen LogP) is 4.14. The second-order valence-corrected chi connectivity index (χ2v) is 7.70. The monoisotopic (exact) mass is 458 g/mol. The average Bonchev–Trinajstić information content (AvgIpc) is 2.54. The van der Waals surface area contributed by atoms with Gasteiger partial charge in [0.1, 0.15) is 10.8 Å². The Morgan fingerprint density at radius 3 is 2.60 bits per heavy atom.